The van der Waals surface area contributed by atoms with Crippen molar-refractivity contribution in [2.75, 3.05) is 12.0 Å². The molecule has 0 saturated heterocycles. The monoisotopic (exact) mass is 259 g/mol. The molecule has 1 amide bonds. The summed E-state index contributed by atoms with van der Waals surface area (Å²) in [5.41, 5.74) is 0. The lowest BCUT2D eigenvalue weighted by Gasteiger charge is -2.27. The van der Waals surface area contributed by atoms with E-state index in [0.29, 0.717) is 12.2 Å². The Morgan fingerprint density at radius 1 is 1.24 bits per heavy atom. The van der Waals surface area contributed by atoms with Crippen molar-refractivity contribution in [3.05, 3.63) is 0 Å². The van der Waals surface area contributed by atoms with Crippen LogP contribution in [-0.2, 0) is 9.59 Å². The van der Waals surface area contributed by atoms with Gasteiger partial charge in [-0.3, -0.25) is 9.59 Å². The van der Waals surface area contributed by atoms with E-state index in [-0.39, 0.29) is 11.9 Å². The van der Waals surface area contributed by atoms with Gasteiger partial charge < -0.3 is 10.4 Å². The number of hydrogen-bond acceptors (Lipinski definition) is 3. The third kappa shape index (κ3) is 4.98. The Balaban J connectivity index is 2.59. The van der Waals surface area contributed by atoms with E-state index in [2.05, 4.69) is 5.32 Å². The average Bonchev–Trinajstić information content (AvgIpc) is 2.22. The van der Waals surface area contributed by atoms with E-state index in [9.17, 15) is 14.7 Å². The highest BCUT2D eigenvalue weighted by Crippen LogP contribution is 2.23. The summed E-state index contributed by atoms with van der Waals surface area (Å²) in [6.45, 7) is 0. The van der Waals surface area contributed by atoms with Crippen LogP contribution in [0, 0.1) is 5.92 Å². The van der Waals surface area contributed by atoms with Crippen LogP contribution in [0.4, 0.5) is 0 Å². The second-order valence-electron chi connectivity index (χ2n) is 4.54. The Kier molecular flexibility index (Phi) is 6.40. The minimum Gasteiger partial charge on any atom is -0.481 e. The maximum atomic E-state index is 11.6. The standard InChI is InChI=1S/C12H21NO3S/c1-17-8-11(14)13-10-7-5-3-2-4-6-9(10)12(15)16/h9-10H,2-8H2,1H3,(H,13,14)(H,15,16). The molecule has 2 unspecified atom stereocenters. The van der Waals surface area contributed by atoms with Gasteiger partial charge in [-0.05, 0) is 19.1 Å². The fourth-order valence-corrected chi connectivity index (χ4v) is 2.68. The second-order valence-corrected chi connectivity index (χ2v) is 5.41. The molecule has 17 heavy (non-hydrogen) atoms. The van der Waals surface area contributed by atoms with Crippen molar-refractivity contribution in [2.45, 2.75) is 44.6 Å². The molecule has 0 bridgehead atoms. The number of rotatable bonds is 4. The summed E-state index contributed by atoms with van der Waals surface area (Å²) in [5.74, 6) is -0.833. The fraction of sp³-hybridized carbons (Fsp3) is 0.833. The molecule has 1 aliphatic rings. The van der Waals surface area contributed by atoms with Gasteiger partial charge in [-0.2, -0.15) is 11.8 Å². The number of nitrogens with one attached hydrogen (secondary N) is 1. The van der Waals surface area contributed by atoms with Gasteiger partial charge in [-0.1, -0.05) is 25.7 Å². The first kappa shape index (κ1) is 14.4. The molecule has 0 aromatic carbocycles. The number of carbonyl (C=O) groups is 2. The van der Waals surface area contributed by atoms with Gasteiger partial charge in [-0.15, -0.1) is 0 Å². The van der Waals surface area contributed by atoms with Crippen LogP contribution in [0.2, 0.25) is 0 Å². The lowest BCUT2D eigenvalue weighted by molar-refractivity contribution is -0.143. The SMILES string of the molecule is CSCC(=O)NC1CCCCCCC1C(=O)O. The Bertz CT molecular complexity index is 270. The quantitative estimate of drug-likeness (QED) is 0.809. The molecule has 98 valence electrons. The highest BCUT2D eigenvalue weighted by Gasteiger charge is 2.29. The zero-order valence-corrected chi connectivity index (χ0v) is 11.1. The van der Waals surface area contributed by atoms with Crippen LogP contribution < -0.4 is 5.32 Å². The van der Waals surface area contributed by atoms with Gasteiger partial charge in [0.25, 0.3) is 0 Å². The van der Waals surface area contributed by atoms with Gasteiger partial charge in [0.1, 0.15) is 0 Å². The number of carbonyl (C=O) groups excluding carboxylic acids is 1. The molecule has 0 aromatic rings. The second kappa shape index (κ2) is 7.58. The van der Waals surface area contributed by atoms with Gasteiger partial charge in [0.05, 0.1) is 11.7 Å². The highest BCUT2D eigenvalue weighted by molar-refractivity contribution is 7.99. The maximum Gasteiger partial charge on any atom is 0.308 e. The van der Waals surface area contributed by atoms with E-state index in [1.54, 1.807) is 0 Å². The summed E-state index contributed by atoms with van der Waals surface area (Å²) in [6, 6.07) is -0.188. The normalized spacial score (nSPS) is 25.7. The largest absolute Gasteiger partial charge is 0.481 e. The fourth-order valence-electron chi connectivity index (χ4n) is 2.33. The van der Waals surface area contributed by atoms with Gasteiger partial charge in [-0.25, -0.2) is 0 Å². The minimum atomic E-state index is -0.777. The Hall–Kier alpha value is -0.710. The predicted octanol–water partition coefficient (Wildman–Crippen LogP) is 1.89. The predicted molar refractivity (Wildman–Crippen MR) is 69.1 cm³/mol. The third-order valence-electron chi connectivity index (χ3n) is 3.20. The zero-order chi connectivity index (χ0) is 12.7. The van der Waals surface area contributed by atoms with Crippen LogP contribution >= 0.6 is 11.8 Å². The minimum absolute atomic E-state index is 0.0469. The number of thioether (sulfide) groups is 1. The summed E-state index contributed by atoms with van der Waals surface area (Å²) in [7, 11) is 0. The Labute approximate surface area is 107 Å². The van der Waals surface area contributed by atoms with Gasteiger partial charge >= 0.3 is 5.97 Å². The molecule has 0 radical (unpaired) electrons. The summed E-state index contributed by atoms with van der Waals surface area (Å²) in [4.78, 5) is 22.8. The van der Waals surface area contributed by atoms with Crippen LogP contribution in [0.25, 0.3) is 0 Å². The Morgan fingerprint density at radius 2 is 1.88 bits per heavy atom. The van der Waals surface area contributed by atoms with Crippen LogP contribution in [0.1, 0.15) is 38.5 Å². The summed E-state index contributed by atoms with van der Waals surface area (Å²) in [5, 5.41) is 12.1. The van der Waals surface area contributed by atoms with Crippen LogP contribution in [0.15, 0.2) is 0 Å². The molecular weight excluding hydrogens is 238 g/mol. The van der Waals surface area contributed by atoms with Gasteiger partial charge in [0, 0.05) is 6.04 Å². The van der Waals surface area contributed by atoms with Crippen molar-refractivity contribution in [1.29, 1.82) is 0 Å². The molecular formula is C12H21NO3S. The molecule has 2 N–H and O–H groups in total. The van der Waals surface area contributed by atoms with Crippen molar-refractivity contribution in [3.8, 4) is 0 Å². The Morgan fingerprint density at radius 3 is 2.47 bits per heavy atom. The zero-order valence-electron chi connectivity index (χ0n) is 10.3. The molecule has 0 aromatic heterocycles. The molecule has 1 saturated carbocycles. The van der Waals surface area contributed by atoms with E-state index in [4.69, 9.17) is 0 Å². The first-order valence-corrected chi connectivity index (χ1v) is 7.55. The van der Waals surface area contributed by atoms with E-state index < -0.39 is 11.9 Å². The lowest BCUT2D eigenvalue weighted by Crippen LogP contribution is -2.44. The van der Waals surface area contributed by atoms with Crippen LogP contribution in [0.3, 0.4) is 0 Å². The summed E-state index contributed by atoms with van der Waals surface area (Å²) in [6.07, 6.45) is 7.54. The highest BCUT2D eigenvalue weighted by atomic mass is 32.2. The molecule has 1 rings (SSSR count). The first-order valence-electron chi connectivity index (χ1n) is 6.16. The van der Waals surface area contributed by atoms with Crippen molar-refractivity contribution in [3.63, 3.8) is 0 Å². The number of carboxylic acids is 1. The van der Waals surface area contributed by atoms with Gasteiger partial charge in [0.15, 0.2) is 0 Å². The first-order chi connectivity index (χ1) is 8.15. The van der Waals surface area contributed by atoms with E-state index in [0.717, 1.165) is 32.1 Å². The molecule has 2 atom stereocenters. The van der Waals surface area contributed by atoms with Crippen molar-refractivity contribution >= 4 is 23.6 Å². The molecule has 0 aliphatic heterocycles. The molecule has 1 aliphatic carbocycles. The number of aliphatic carboxylic acids is 1. The summed E-state index contributed by atoms with van der Waals surface area (Å²) >= 11 is 1.46. The van der Waals surface area contributed by atoms with E-state index in [1.165, 1.54) is 11.8 Å². The van der Waals surface area contributed by atoms with Gasteiger partial charge in [0.2, 0.25) is 5.91 Å². The van der Waals surface area contributed by atoms with E-state index >= 15 is 0 Å². The van der Waals surface area contributed by atoms with Crippen molar-refractivity contribution < 1.29 is 14.7 Å². The molecule has 1 fully saturated rings. The topological polar surface area (TPSA) is 66.4 Å². The maximum absolute atomic E-state index is 11.6. The summed E-state index contributed by atoms with van der Waals surface area (Å²) < 4.78 is 0. The molecule has 4 nitrogen and oxygen atoms in total. The van der Waals surface area contributed by atoms with Crippen LogP contribution in [-0.4, -0.2) is 35.0 Å². The number of amides is 1. The molecule has 5 heteroatoms. The smallest absolute Gasteiger partial charge is 0.308 e. The number of carboxylic acid groups (broad SMARTS) is 1. The molecule has 0 heterocycles. The van der Waals surface area contributed by atoms with E-state index in [1.807, 2.05) is 6.26 Å². The average molecular weight is 259 g/mol. The third-order valence-corrected chi connectivity index (χ3v) is 3.76. The van der Waals surface area contributed by atoms with Crippen LogP contribution in [0.5, 0.6) is 0 Å². The van der Waals surface area contributed by atoms with Crippen molar-refractivity contribution in [1.82, 2.24) is 5.32 Å². The number of hydrogen-bond donors (Lipinski definition) is 2. The molecule has 0 spiro atoms. The van der Waals surface area contributed by atoms with Crippen molar-refractivity contribution in [2.24, 2.45) is 5.92 Å². The lowest BCUT2D eigenvalue weighted by atomic mass is 9.87.